The highest BCUT2D eigenvalue weighted by Gasteiger charge is 2.04. The zero-order valence-corrected chi connectivity index (χ0v) is 8.23. The Labute approximate surface area is 80.6 Å². The summed E-state index contributed by atoms with van der Waals surface area (Å²) in [6.45, 7) is 3.64. The summed E-state index contributed by atoms with van der Waals surface area (Å²) in [5.74, 6) is -0.833. The van der Waals surface area contributed by atoms with Crippen molar-refractivity contribution in [2.45, 2.75) is 19.9 Å². The van der Waals surface area contributed by atoms with Gasteiger partial charge in [0.25, 0.3) is 0 Å². The molecule has 0 spiro atoms. The van der Waals surface area contributed by atoms with Crippen LogP contribution in [0.4, 0.5) is 0 Å². The summed E-state index contributed by atoms with van der Waals surface area (Å²) in [6.07, 6.45) is 0.0165. The van der Waals surface area contributed by atoms with E-state index in [9.17, 15) is 4.79 Å². The molecule has 5 heteroatoms. The molecule has 0 bridgehead atoms. The number of aliphatic carboxylic acids is 1. The van der Waals surface area contributed by atoms with Crippen molar-refractivity contribution < 1.29 is 9.90 Å². The number of hydrogen-bond acceptors (Lipinski definition) is 4. The van der Waals surface area contributed by atoms with E-state index in [1.54, 1.807) is 5.38 Å². The summed E-state index contributed by atoms with van der Waals surface area (Å²) in [7, 11) is 0. The second-order valence-corrected chi connectivity index (χ2v) is 3.53. The van der Waals surface area contributed by atoms with E-state index in [1.807, 2.05) is 6.92 Å². The van der Waals surface area contributed by atoms with Gasteiger partial charge in [-0.25, -0.2) is 4.98 Å². The highest BCUT2D eigenvalue weighted by molar-refractivity contribution is 7.09. The van der Waals surface area contributed by atoms with E-state index in [4.69, 9.17) is 5.11 Å². The number of nitrogens with one attached hydrogen (secondary N) is 1. The lowest BCUT2D eigenvalue weighted by molar-refractivity contribution is -0.136. The van der Waals surface area contributed by atoms with Crippen LogP contribution in [0.2, 0.25) is 0 Å². The van der Waals surface area contributed by atoms with Crippen molar-refractivity contribution in [3.8, 4) is 0 Å². The van der Waals surface area contributed by atoms with E-state index in [-0.39, 0.29) is 6.42 Å². The van der Waals surface area contributed by atoms with Crippen LogP contribution in [-0.2, 0) is 17.8 Å². The molecule has 2 N–H and O–H groups in total. The number of rotatable bonds is 5. The highest BCUT2D eigenvalue weighted by Crippen LogP contribution is 2.09. The summed E-state index contributed by atoms with van der Waals surface area (Å²) in [6, 6.07) is 0. The Hall–Kier alpha value is -0.940. The minimum absolute atomic E-state index is 0.0165. The summed E-state index contributed by atoms with van der Waals surface area (Å²) in [5, 5.41) is 14.4. The SMILES string of the molecule is CCNCc1nc(CC(=O)O)cs1. The van der Waals surface area contributed by atoms with Gasteiger partial charge in [0, 0.05) is 11.9 Å². The maximum absolute atomic E-state index is 10.3. The van der Waals surface area contributed by atoms with Crippen molar-refractivity contribution in [3.05, 3.63) is 16.1 Å². The van der Waals surface area contributed by atoms with Gasteiger partial charge in [0.2, 0.25) is 0 Å². The summed E-state index contributed by atoms with van der Waals surface area (Å²) in [4.78, 5) is 14.5. The molecule has 13 heavy (non-hydrogen) atoms. The molecule has 4 nitrogen and oxygen atoms in total. The fourth-order valence-corrected chi connectivity index (χ4v) is 1.66. The Kier molecular flexibility index (Phi) is 3.85. The zero-order valence-electron chi connectivity index (χ0n) is 7.41. The second-order valence-electron chi connectivity index (χ2n) is 2.58. The summed E-state index contributed by atoms with van der Waals surface area (Å²) >= 11 is 1.49. The predicted molar refractivity (Wildman–Crippen MR) is 50.8 cm³/mol. The summed E-state index contributed by atoms with van der Waals surface area (Å²) < 4.78 is 0. The molecule has 1 aromatic rings. The van der Waals surface area contributed by atoms with Gasteiger partial charge in [-0.1, -0.05) is 6.92 Å². The monoisotopic (exact) mass is 200 g/mol. The van der Waals surface area contributed by atoms with Crippen LogP contribution in [0, 0.1) is 0 Å². The van der Waals surface area contributed by atoms with Gasteiger partial charge in [0.15, 0.2) is 0 Å². The fraction of sp³-hybridized carbons (Fsp3) is 0.500. The van der Waals surface area contributed by atoms with Crippen LogP contribution in [0.1, 0.15) is 17.6 Å². The van der Waals surface area contributed by atoms with E-state index >= 15 is 0 Å². The van der Waals surface area contributed by atoms with Crippen LogP contribution in [0.5, 0.6) is 0 Å². The Morgan fingerprint density at radius 2 is 2.54 bits per heavy atom. The highest BCUT2D eigenvalue weighted by atomic mass is 32.1. The van der Waals surface area contributed by atoms with E-state index < -0.39 is 5.97 Å². The standard InChI is InChI=1S/C8H12N2O2S/c1-2-9-4-7-10-6(5-13-7)3-8(11)12/h5,9H,2-4H2,1H3,(H,11,12). The Morgan fingerprint density at radius 1 is 1.77 bits per heavy atom. The van der Waals surface area contributed by atoms with Gasteiger partial charge in [-0.05, 0) is 6.54 Å². The molecule has 0 atom stereocenters. The number of carboxylic acids is 1. The zero-order chi connectivity index (χ0) is 9.68. The Morgan fingerprint density at radius 3 is 3.15 bits per heavy atom. The molecule has 0 radical (unpaired) electrons. The number of carboxylic acid groups (broad SMARTS) is 1. The number of hydrogen-bond donors (Lipinski definition) is 2. The molecule has 1 rings (SSSR count). The quantitative estimate of drug-likeness (QED) is 0.740. The average molecular weight is 200 g/mol. The molecule has 0 aliphatic rings. The third kappa shape index (κ3) is 3.52. The molecular formula is C8H12N2O2S. The molecule has 0 amide bonds. The van der Waals surface area contributed by atoms with Crippen LogP contribution < -0.4 is 5.32 Å². The van der Waals surface area contributed by atoms with Crippen molar-refractivity contribution in [2.24, 2.45) is 0 Å². The molecule has 1 heterocycles. The van der Waals surface area contributed by atoms with Crippen molar-refractivity contribution in [1.82, 2.24) is 10.3 Å². The Bertz CT molecular complexity index is 285. The van der Waals surface area contributed by atoms with E-state index in [0.717, 1.165) is 18.1 Å². The van der Waals surface area contributed by atoms with Gasteiger partial charge in [-0.2, -0.15) is 0 Å². The van der Waals surface area contributed by atoms with Crippen molar-refractivity contribution >= 4 is 17.3 Å². The van der Waals surface area contributed by atoms with Crippen molar-refractivity contribution in [3.63, 3.8) is 0 Å². The van der Waals surface area contributed by atoms with E-state index in [1.165, 1.54) is 11.3 Å². The molecule has 0 unspecified atom stereocenters. The van der Waals surface area contributed by atoms with Gasteiger partial charge < -0.3 is 10.4 Å². The second kappa shape index (κ2) is 4.94. The summed E-state index contributed by atoms with van der Waals surface area (Å²) in [5.41, 5.74) is 0.644. The minimum atomic E-state index is -0.833. The van der Waals surface area contributed by atoms with Crippen LogP contribution in [-0.4, -0.2) is 22.6 Å². The normalized spacial score (nSPS) is 10.2. The van der Waals surface area contributed by atoms with Gasteiger partial charge in [-0.15, -0.1) is 11.3 Å². The number of nitrogens with zero attached hydrogens (tertiary/aromatic N) is 1. The number of thiazole rings is 1. The third-order valence-corrected chi connectivity index (χ3v) is 2.36. The predicted octanol–water partition coefficient (Wildman–Crippen LogP) is 0.880. The topological polar surface area (TPSA) is 62.2 Å². The molecule has 72 valence electrons. The number of carbonyl (C=O) groups is 1. The van der Waals surface area contributed by atoms with Crippen molar-refractivity contribution in [1.29, 1.82) is 0 Å². The molecule has 0 aliphatic carbocycles. The van der Waals surface area contributed by atoms with Crippen LogP contribution in [0.15, 0.2) is 5.38 Å². The Balaban J connectivity index is 2.48. The van der Waals surface area contributed by atoms with Crippen LogP contribution in [0.3, 0.4) is 0 Å². The van der Waals surface area contributed by atoms with Gasteiger partial charge in [-0.3, -0.25) is 4.79 Å². The first-order valence-corrected chi connectivity index (χ1v) is 4.96. The average Bonchev–Trinajstić information content (AvgIpc) is 2.48. The molecule has 0 saturated carbocycles. The smallest absolute Gasteiger partial charge is 0.309 e. The van der Waals surface area contributed by atoms with Gasteiger partial charge >= 0.3 is 5.97 Å². The lowest BCUT2D eigenvalue weighted by Gasteiger charge is -1.94. The molecule has 0 aliphatic heterocycles. The van der Waals surface area contributed by atoms with Crippen LogP contribution in [0.25, 0.3) is 0 Å². The lowest BCUT2D eigenvalue weighted by atomic mass is 10.3. The van der Waals surface area contributed by atoms with Gasteiger partial charge in [0.05, 0.1) is 12.1 Å². The third-order valence-electron chi connectivity index (χ3n) is 1.46. The first kappa shape index (κ1) is 10.1. The molecule has 0 saturated heterocycles. The minimum Gasteiger partial charge on any atom is -0.481 e. The molecular weight excluding hydrogens is 188 g/mol. The van der Waals surface area contributed by atoms with Crippen molar-refractivity contribution in [2.75, 3.05) is 6.54 Å². The first-order chi connectivity index (χ1) is 6.22. The number of aromatic nitrogens is 1. The van der Waals surface area contributed by atoms with E-state index in [2.05, 4.69) is 10.3 Å². The van der Waals surface area contributed by atoms with Crippen LogP contribution >= 0.6 is 11.3 Å². The molecule has 1 aromatic heterocycles. The molecule has 0 fully saturated rings. The molecule has 0 aromatic carbocycles. The fourth-order valence-electron chi connectivity index (χ4n) is 0.898. The first-order valence-electron chi connectivity index (χ1n) is 4.08. The maximum Gasteiger partial charge on any atom is 0.309 e. The maximum atomic E-state index is 10.3. The van der Waals surface area contributed by atoms with Gasteiger partial charge in [0.1, 0.15) is 5.01 Å². The largest absolute Gasteiger partial charge is 0.481 e. The lowest BCUT2D eigenvalue weighted by Crippen LogP contribution is -2.11. The van der Waals surface area contributed by atoms with E-state index in [0.29, 0.717) is 5.69 Å².